The second kappa shape index (κ2) is 8.68. The van der Waals surface area contributed by atoms with Gasteiger partial charge in [0, 0.05) is 20.3 Å². The summed E-state index contributed by atoms with van der Waals surface area (Å²) in [4.78, 5) is 11.4. The number of amides is 1. The third-order valence-electron chi connectivity index (χ3n) is 2.27. The van der Waals surface area contributed by atoms with Crippen LogP contribution in [0.15, 0.2) is 22.8 Å². The molecule has 1 atom stereocenters. The van der Waals surface area contributed by atoms with E-state index in [2.05, 4.69) is 5.32 Å². The molecule has 0 bridgehead atoms. The maximum absolute atomic E-state index is 11.4. The van der Waals surface area contributed by atoms with E-state index >= 15 is 0 Å². The van der Waals surface area contributed by atoms with Gasteiger partial charge < -0.3 is 24.9 Å². The van der Waals surface area contributed by atoms with Gasteiger partial charge in [-0.25, -0.2) is 0 Å². The van der Waals surface area contributed by atoms with Crippen LogP contribution in [0.5, 0.6) is 0 Å². The lowest BCUT2D eigenvalue weighted by Gasteiger charge is -2.10. The highest BCUT2D eigenvalue weighted by Crippen LogP contribution is 2.01. The van der Waals surface area contributed by atoms with Crippen LogP contribution in [0, 0.1) is 0 Å². The second-order valence-corrected chi connectivity index (χ2v) is 3.84. The molecule has 3 N–H and O–H groups in total. The van der Waals surface area contributed by atoms with Gasteiger partial charge in [0.2, 0.25) is 5.91 Å². The van der Waals surface area contributed by atoms with Gasteiger partial charge >= 0.3 is 0 Å². The van der Waals surface area contributed by atoms with E-state index in [9.17, 15) is 4.79 Å². The standard InChI is InChI=1S/C12H20N2O4/c1-16-9-11(13)12(15)14-5-3-6-17-8-10-4-2-7-18-10/h2,4,7,11H,3,5-6,8-9,13H2,1H3,(H,14,15). The molecule has 0 aliphatic rings. The third-order valence-corrected chi connectivity index (χ3v) is 2.27. The van der Waals surface area contributed by atoms with Crippen LogP contribution in [-0.4, -0.2) is 38.8 Å². The van der Waals surface area contributed by atoms with Crippen LogP contribution >= 0.6 is 0 Å². The molecule has 0 saturated carbocycles. The molecule has 0 aromatic carbocycles. The van der Waals surface area contributed by atoms with E-state index in [0.29, 0.717) is 19.8 Å². The van der Waals surface area contributed by atoms with Crippen molar-refractivity contribution < 1.29 is 18.7 Å². The topological polar surface area (TPSA) is 86.7 Å². The first-order chi connectivity index (χ1) is 8.74. The molecule has 1 heterocycles. The SMILES string of the molecule is COCC(N)C(=O)NCCCOCc1ccco1. The Morgan fingerprint density at radius 2 is 2.44 bits per heavy atom. The number of carbonyl (C=O) groups excluding carboxylic acids is 1. The molecular weight excluding hydrogens is 236 g/mol. The minimum Gasteiger partial charge on any atom is -0.467 e. The van der Waals surface area contributed by atoms with E-state index in [1.807, 2.05) is 12.1 Å². The molecule has 1 unspecified atom stereocenters. The van der Waals surface area contributed by atoms with E-state index in [1.54, 1.807) is 6.26 Å². The number of methoxy groups -OCH3 is 1. The van der Waals surface area contributed by atoms with Crippen LogP contribution in [0.25, 0.3) is 0 Å². The van der Waals surface area contributed by atoms with Crippen molar-refractivity contribution in [2.75, 3.05) is 26.9 Å². The van der Waals surface area contributed by atoms with E-state index in [1.165, 1.54) is 7.11 Å². The average Bonchev–Trinajstić information content (AvgIpc) is 2.86. The first-order valence-corrected chi connectivity index (χ1v) is 5.86. The van der Waals surface area contributed by atoms with E-state index < -0.39 is 6.04 Å². The Morgan fingerprint density at radius 1 is 1.61 bits per heavy atom. The van der Waals surface area contributed by atoms with Gasteiger partial charge in [-0.2, -0.15) is 0 Å². The van der Waals surface area contributed by atoms with Crippen LogP contribution < -0.4 is 11.1 Å². The van der Waals surface area contributed by atoms with Crippen LogP contribution in [-0.2, 0) is 20.9 Å². The lowest BCUT2D eigenvalue weighted by Crippen LogP contribution is -2.43. The Balaban J connectivity index is 1.96. The Labute approximate surface area is 106 Å². The van der Waals surface area contributed by atoms with Crippen molar-refractivity contribution in [2.45, 2.75) is 19.1 Å². The smallest absolute Gasteiger partial charge is 0.239 e. The van der Waals surface area contributed by atoms with Crippen molar-refractivity contribution in [3.63, 3.8) is 0 Å². The highest BCUT2D eigenvalue weighted by Gasteiger charge is 2.11. The zero-order chi connectivity index (χ0) is 13.2. The van der Waals surface area contributed by atoms with Crippen molar-refractivity contribution in [3.05, 3.63) is 24.2 Å². The summed E-state index contributed by atoms with van der Waals surface area (Å²) in [6.45, 7) is 1.76. The Kier molecular flexibility index (Phi) is 7.09. The quantitative estimate of drug-likeness (QED) is 0.620. The monoisotopic (exact) mass is 256 g/mol. The molecular formula is C12H20N2O4. The van der Waals surface area contributed by atoms with Crippen LogP contribution in [0.4, 0.5) is 0 Å². The second-order valence-electron chi connectivity index (χ2n) is 3.84. The molecule has 6 heteroatoms. The van der Waals surface area contributed by atoms with Gasteiger partial charge in [0.05, 0.1) is 12.9 Å². The van der Waals surface area contributed by atoms with E-state index in [0.717, 1.165) is 12.2 Å². The molecule has 0 saturated heterocycles. The molecule has 102 valence electrons. The van der Waals surface area contributed by atoms with Gasteiger partial charge in [-0.3, -0.25) is 4.79 Å². The Morgan fingerprint density at radius 3 is 3.11 bits per heavy atom. The first-order valence-electron chi connectivity index (χ1n) is 5.86. The lowest BCUT2D eigenvalue weighted by molar-refractivity contribution is -0.123. The fourth-order valence-corrected chi connectivity index (χ4v) is 1.34. The molecule has 18 heavy (non-hydrogen) atoms. The minimum absolute atomic E-state index is 0.206. The maximum Gasteiger partial charge on any atom is 0.239 e. The van der Waals surface area contributed by atoms with Crippen molar-refractivity contribution in [2.24, 2.45) is 5.73 Å². The Bertz CT molecular complexity index is 327. The number of nitrogens with two attached hydrogens (primary N) is 1. The molecule has 1 aromatic heterocycles. The number of furan rings is 1. The summed E-state index contributed by atoms with van der Waals surface area (Å²) in [5.74, 6) is 0.587. The largest absolute Gasteiger partial charge is 0.467 e. The van der Waals surface area contributed by atoms with Gasteiger partial charge in [-0.15, -0.1) is 0 Å². The number of nitrogens with one attached hydrogen (secondary N) is 1. The molecule has 6 nitrogen and oxygen atoms in total. The van der Waals surface area contributed by atoms with Crippen molar-refractivity contribution in [1.82, 2.24) is 5.32 Å². The number of hydrogen-bond donors (Lipinski definition) is 2. The average molecular weight is 256 g/mol. The van der Waals surface area contributed by atoms with Crippen molar-refractivity contribution >= 4 is 5.91 Å². The third kappa shape index (κ3) is 5.81. The number of ether oxygens (including phenoxy) is 2. The van der Waals surface area contributed by atoms with Crippen LogP contribution in [0.1, 0.15) is 12.2 Å². The summed E-state index contributed by atoms with van der Waals surface area (Å²) in [6, 6.07) is 3.06. The fourth-order valence-electron chi connectivity index (χ4n) is 1.34. The van der Waals surface area contributed by atoms with E-state index in [4.69, 9.17) is 19.6 Å². The molecule has 1 aromatic rings. The molecule has 0 aliphatic carbocycles. The Hall–Kier alpha value is -1.37. The molecule has 0 aliphatic heterocycles. The van der Waals surface area contributed by atoms with Gasteiger partial charge in [0.25, 0.3) is 0 Å². The molecule has 0 radical (unpaired) electrons. The summed E-state index contributed by atoms with van der Waals surface area (Å²) in [7, 11) is 1.51. The number of carbonyl (C=O) groups is 1. The van der Waals surface area contributed by atoms with Gasteiger partial charge in [0.1, 0.15) is 18.4 Å². The minimum atomic E-state index is -0.612. The molecule has 1 rings (SSSR count). The fraction of sp³-hybridized carbons (Fsp3) is 0.583. The highest BCUT2D eigenvalue weighted by molar-refractivity contribution is 5.81. The summed E-state index contributed by atoms with van der Waals surface area (Å²) < 4.78 is 15.3. The van der Waals surface area contributed by atoms with Crippen LogP contribution in [0.3, 0.4) is 0 Å². The lowest BCUT2D eigenvalue weighted by atomic mass is 10.3. The summed E-state index contributed by atoms with van der Waals surface area (Å²) in [5.41, 5.74) is 5.55. The molecule has 1 amide bonds. The summed E-state index contributed by atoms with van der Waals surface area (Å²) in [6.07, 6.45) is 2.34. The summed E-state index contributed by atoms with van der Waals surface area (Å²) >= 11 is 0. The van der Waals surface area contributed by atoms with Crippen molar-refractivity contribution in [3.8, 4) is 0 Å². The predicted molar refractivity (Wildman–Crippen MR) is 65.8 cm³/mol. The molecule has 0 spiro atoms. The van der Waals surface area contributed by atoms with Gasteiger partial charge in [-0.05, 0) is 18.6 Å². The van der Waals surface area contributed by atoms with E-state index in [-0.39, 0.29) is 12.5 Å². The first kappa shape index (κ1) is 14.7. The van der Waals surface area contributed by atoms with Crippen molar-refractivity contribution in [1.29, 1.82) is 0 Å². The molecule has 0 fully saturated rings. The summed E-state index contributed by atoms with van der Waals surface area (Å²) in [5, 5.41) is 2.71. The maximum atomic E-state index is 11.4. The van der Waals surface area contributed by atoms with Gasteiger partial charge in [0.15, 0.2) is 0 Å². The number of hydrogen-bond acceptors (Lipinski definition) is 5. The predicted octanol–water partition coefficient (Wildman–Crippen LogP) is 0.276. The zero-order valence-electron chi connectivity index (χ0n) is 10.6. The normalized spacial score (nSPS) is 12.3. The number of rotatable bonds is 9. The zero-order valence-corrected chi connectivity index (χ0v) is 10.6. The van der Waals surface area contributed by atoms with Gasteiger partial charge in [-0.1, -0.05) is 0 Å². The highest BCUT2D eigenvalue weighted by atomic mass is 16.5. The van der Waals surface area contributed by atoms with Crippen LogP contribution in [0.2, 0.25) is 0 Å².